The van der Waals surface area contributed by atoms with Crippen molar-refractivity contribution < 1.29 is 9.90 Å². The number of anilines is 1. The smallest absolute Gasteiger partial charge is 0.336 e. The van der Waals surface area contributed by atoms with E-state index in [1.807, 2.05) is 6.07 Å². The fourth-order valence-electron chi connectivity index (χ4n) is 5.16. The molecule has 2 atom stereocenters. The Balaban J connectivity index is 1.62. The van der Waals surface area contributed by atoms with Gasteiger partial charge in [0.15, 0.2) is 0 Å². The minimum absolute atomic E-state index is 0.0625. The normalized spacial score (nSPS) is 20.3. The van der Waals surface area contributed by atoms with E-state index in [-0.39, 0.29) is 23.2 Å². The van der Waals surface area contributed by atoms with Crippen molar-refractivity contribution >= 4 is 34.2 Å². The van der Waals surface area contributed by atoms with Crippen LogP contribution in [0.1, 0.15) is 37.7 Å². The first-order chi connectivity index (χ1) is 15.4. The summed E-state index contributed by atoms with van der Waals surface area (Å²) in [6.07, 6.45) is 4.61. The molecule has 0 bridgehead atoms. The first kappa shape index (κ1) is 20.8. The molecule has 0 amide bonds. The molecule has 1 aliphatic heterocycles. The third-order valence-electron chi connectivity index (χ3n) is 6.67. The van der Waals surface area contributed by atoms with Crippen LogP contribution in [0.4, 0.5) is 5.69 Å². The zero-order chi connectivity index (χ0) is 22.4. The summed E-state index contributed by atoms with van der Waals surface area (Å²) >= 11 is 6.10. The van der Waals surface area contributed by atoms with Gasteiger partial charge in [-0.25, -0.2) is 9.36 Å². The number of nitrogens with zero attached hydrogens (tertiary/aromatic N) is 2. The Hall–Kier alpha value is -3.06. The number of nitrogens with one attached hydrogen (secondary N) is 1. The van der Waals surface area contributed by atoms with E-state index in [0.29, 0.717) is 41.0 Å². The van der Waals surface area contributed by atoms with Gasteiger partial charge >= 0.3 is 11.7 Å². The average Bonchev–Trinajstić information content (AvgIpc) is 2.78. The lowest BCUT2D eigenvalue weighted by molar-refractivity contribution is -0.142. The maximum absolute atomic E-state index is 13.3. The number of aromatic nitrogens is 2. The Morgan fingerprint density at radius 2 is 1.97 bits per heavy atom. The molecule has 5 rings (SSSR count). The molecule has 7 nitrogen and oxygen atoms in total. The Morgan fingerprint density at radius 1 is 1.12 bits per heavy atom. The van der Waals surface area contributed by atoms with E-state index in [4.69, 9.17) is 11.6 Å². The highest BCUT2D eigenvalue weighted by Crippen LogP contribution is 2.32. The fourth-order valence-corrected chi connectivity index (χ4v) is 5.34. The predicted octanol–water partition coefficient (Wildman–Crippen LogP) is 3.81. The van der Waals surface area contributed by atoms with Crippen LogP contribution in [0, 0.1) is 5.92 Å². The molecule has 0 spiro atoms. The highest BCUT2D eigenvalue weighted by molar-refractivity contribution is 6.30. The number of aliphatic carboxylic acids is 1. The Morgan fingerprint density at radius 3 is 2.75 bits per heavy atom. The number of hydrogen-bond acceptors (Lipinski definition) is 4. The molecule has 0 unspecified atom stereocenters. The van der Waals surface area contributed by atoms with Crippen molar-refractivity contribution in [3.05, 3.63) is 67.8 Å². The standard InChI is InChI=1S/C24H24ClN3O4/c25-15-5-2-7-17(13-15)28-22(29)19-9-10-20(18-8-3-11-27(21(18)19)24(28)32)26-16-6-1-4-14(12-16)23(30)31/h2,5,7,9-10,13-14,16,26H,1,3-4,6,8,11-12H2,(H,30,31)/t14-,16+/m1/s1. The van der Waals surface area contributed by atoms with Crippen LogP contribution in [-0.4, -0.2) is 26.3 Å². The fraction of sp³-hybridized carbons (Fsp3) is 0.375. The van der Waals surface area contributed by atoms with Gasteiger partial charge in [-0.3, -0.25) is 14.2 Å². The van der Waals surface area contributed by atoms with E-state index in [1.54, 1.807) is 34.9 Å². The Kier molecular flexibility index (Phi) is 5.29. The highest BCUT2D eigenvalue weighted by Gasteiger charge is 2.28. The van der Waals surface area contributed by atoms with Gasteiger partial charge in [0.05, 0.1) is 22.5 Å². The SMILES string of the molecule is O=C(O)[C@@H]1CCC[C@H](Nc2ccc3c(=O)n(-c4cccc(Cl)c4)c(=O)n4c3c2CCC4)C1. The number of halogens is 1. The quantitative estimate of drug-likeness (QED) is 0.626. The van der Waals surface area contributed by atoms with E-state index >= 15 is 0 Å². The number of benzene rings is 2. The summed E-state index contributed by atoms with van der Waals surface area (Å²) in [4.78, 5) is 38.1. The third-order valence-corrected chi connectivity index (χ3v) is 6.90. The van der Waals surface area contributed by atoms with Gasteiger partial charge in [-0.2, -0.15) is 0 Å². The number of carboxylic acids is 1. The van der Waals surface area contributed by atoms with Gasteiger partial charge in [0.1, 0.15) is 0 Å². The van der Waals surface area contributed by atoms with Gasteiger partial charge < -0.3 is 10.4 Å². The number of carbonyl (C=O) groups is 1. The molecule has 2 heterocycles. The maximum Gasteiger partial charge on any atom is 0.336 e. The first-order valence-electron chi connectivity index (χ1n) is 11.0. The average molecular weight is 454 g/mol. The van der Waals surface area contributed by atoms with Gasteiger partial charge in [0.2, 0.25) is 0 Å². The van der Waals surface area contributed by atoms with E-state index < -0.39 is 5.97 Å². The molecule has 1 aliphatic carbocycles. The maximum atomic E-state index is 13.3. The molecule has 1 saturated carbocycles. The third kappa shape index (κ3) is 3.50. The van der Waals surface area contributed by atoms with Gasteiger partial charge in [-0.1, -0.05) is 24.1 Å². The largest absolute Gasteiger partial charge is 0.481 e. The summed E-state index contributed by atoms with van der Waals surface area (Å²) in [5.74, 6) is -1.08. The lowest BCUT2D eigenvalue weighted by Gasteiger charge is -2.30. The molecular weight excluding hydrogens is 430 g/mol. The molecular formula is C24H24ClN3O4. The molecule has 8 heteroatoms. The molecule has 166 valence electrons. The van der Waals surface area contributed by atoms with Crippen molar-refractivity contribution in [1.29, 1.82) is 0 Å². The van der Waals surface area contributed by atoms with Crippen LogP contribution in [0.15, 0.2) is 46.0 Å². The molecule has 3 aromatic rings. The summed E-state index contributed by atoms with van der Waals surface area (Å²) in [5, 5.41) is 13.9. The highest BCUT2D eigenvalue weighted by atomic mass is 35.5. The van der Waals surface area contributed by atoms with E-state index in [0.717, 1.165) is 36.9 Å². The van der Waals surface area contributed by atoms with Gasteiger partial charge in [-0.15, -0.1) is 0 Å². The van der Waals surface area contributed by atoms with Crippen molar-refractivity contribution in [2.75, 3.05) is 5.32 Å². The number of rotatable bonds is 4. The molecule has 0 radical (unpaired) electrons. The van der Waals surface area contributed by atoms with E-state index in [9.17, 15) is 19.5 Å². The van der Waals surface area contributed by atoms with E-state index in [2.05, 4.69) is 5.32 Å². The monoisotopic (exact) mass is 453 g/mol. The van der Waals surface area contributed by atoms with Gasteiger partial charge in [0, 0.05) is 23.3 Å². The van der Waals surface area contributed by atoms with Gasteiger partial charge in [0.25, 0.3) is 5.56 Å². The van der Waals surface area contributed by atoms with Crippen LogP contribution in [-0.2, 0) is 17.8 Å². The van der Waals surface area contributed by atoms with Crippen LogP contribution in [0.3, 0.4) is 0 Å². The van der Waals surface area contributed by atoms with Crippen LogP contribution in [0.2, 0.25) is 5.02 Å². The molecule has 2 aliphatic rings. The lowest BCUT2D eigenvalue weighted by Crippen LogP contribution is -2.40. The summed E-state index contributed by atoms with van der Waals surface area (Å²) in [5.41, 5.74) is 2.25. The van der Waals surface area contributed by atoms with E-state index in [1.165, 1.54) is 4.57 Å². The lowest BCUT2D eigenvalue weighted by atomic mass is 9.85. The van der Waals surface area contributed by atoms with Crippen molar-refractivity contribution in [3.8, 4) is 5.69 Å². The van der Waals surface area contributed by atoms with Gasteiger partial charge in [-0.05, 0) is 68.0 Å². The predicted molar refractivity (Wildman–Crippen MR) is 124 cm³/mol. The zero-order valence-corrected chi connectivity index (χ0v) is 18.3. The van der Waals surface area contributed by atoms with Crippen LogP contribution < -0.4 is 16.6 Å². The molecule has 32 heavy (non-hydrogen) atoms. The Bertz CT molecular complexity index is 1340. The summed E-state index contributed by atoms with van der Waals surface area (Å²) in [6, 6.07) is 10.5. The second kappa shape index (κ2) is 8.13. The summed E-state index contributed by atoms with van der Waals surface area (Å²) < 4.78 is 2.87. The molecule has 0 saturated heterocycles. The van der Waals surface area contributed by atoms with Crippen molar-refractivity contribution in [1.82, 2.24) is 9.13 Å². The van der Waals surface area contributed by atoms with Crippen LogP contribution >= 0.6 is 11.6 Å². The first-order valence-corrected chi connectivity index (χ1v) is 11.4. The summed E-state index contributed by atoms with van der Waals surface area (Å²) in [7, 11) is 0. The summed E-state index contributed by atoms with van der Waals surface area (Å²) in [6.45, 7) is 0.539. The Labute approximate surface area is 189 Å². The number of hydrogen-bond donors (Lipinski definition) is 2. The van der Waals surface area contributed by atoms with Crippen molar-refractivity contribution in [2.45, 2.75) is 51.1 Å². The van der Waals surface area contributed by atoms with Crippen molar-refractivity contribution in [3.63, 3.8) is 0 Å². The topological polar surface area (TPSA) is 93.3 Å². The zero-order valence-electron chi connectivity index (χ0n) is 17.5. The van der Waals surface area contributed by atoms with Crippen LogP contribution in [0.5, 0.6) is 0 Å². The van der Waals surface area contributed by atoms with Crippen LogP contribution in [0.25, 0.3) is 16.6 Å². The second-order valence-corrected chi connectivity index (χ2v) is 9.13. The second-order valence-electron chi connectivity index (χ2n) is 8.69. The minimum Gasteiger partial charge on any atom is -0.481 e. The number of carboxylic acid groups (broad SMARTS) is 1. The molecule has 2 aromatic carbocycles. The molecule has 1 aromatic heterocycles. The van der Waals surface area contributed by atoms with Crippen molar-refractivity contribution in [2.24, 2.45) is 5.92 Å². The molecule has 1 fully saturated rings. The molecule has 2 N–H and O–H groups in total. The number of aryl methyl sites for hydroxylation is 2. The minimum atomic E-state index is -0.744.